The Kier molecular flexibility index (Phi) is 2.55. The third-order valence-corrected chi connectivity index (χ3v) is 3.68. The minimum Gasteiger partial charge on any atom is -0.481 e. The summed E-state index contributed by atoms with van der Waals surface area (Å²) >= 11 is 0. The number of benzene rings is 1. The van der Waals surface area contributed by atoms with E-state index >= 15 is 0 Å². The van der Waals surface area contributed by atoms with Gasteiger partial charge in [-0.15, -0.1) is 0 Å². The number of rotatable bonds is 2. The largest absolute Gasteiger partial charge is 0.481 e. The smallest absolute Gasteiger partial charge is 0.316 e. The van der Waals surface area contributed by atoms with Crippen LogP contribution in [-0.2, 0) is 16.6 Å². The van der Waals surface area contributed by atoms with Crippen molar-refractivity contribution in [2.75, 3.05) is 11.4 Å². The summed E-state index contributed by atoms with van der Waals surface area (Å²) in [6.45, 7) is 0.466. The summed E-state index contributed by atoms with van der Waals surface area (Å²) in [5.41, 5.74) is 1.86. The Hall–Kier alpha value is -2.30. The van der Waals surface area contributed by atoms with Crippen molar-refractivity contribution in [1.82, 2.24) is 4.57 Å². The molecule has 19 heavy (non-hydrogen) atoms. The summed E-state index contributed by atoms with van der Waals surface area (Å²) in [6.07, 6.45) is 2.33. The first-order valence-electron chi connectivity index (χ1n) is 6.17. The van der Waals surface area contributed by atoms with Crippen LogP contribution in [0.4, 0.5) is 5.69 Å². The highest BCUT2D eigenvalue weighted by Gasteiger charge is 2.37. The van der Waals surface area contributed by atoms with Crippen LogP contribution >= 0.6 is 0 Å². The molecule has 1 aliphatic rings. The zero-order valence-electron chi connectivity index (χ0n) is 10.5. The maximum atomic E-state index is 12.0. The average molecular weight is 258 g/mol. The number of carbonyl (C=O) groups excluding carboxylic acids is 1. The number of amides is 1. The standard InChI is InChI=1S/C14H14N2O3/c1-15-6-4-9-8-10(2-3-12(9)15)16-7-5-11(13(16)17)14(18)19/h2-4,6,8,11H,5,7H2,1H3,(H,18,19). The van der Waals surface area contributed by atoms with E-state index in [2.05, 4.69) is 0 Å². The number of carboxylic acid groups (broad SMARTS) is 1. The lowest BCUT2D eigenvalue weighted by Crippen LogP contribution is -2.30. The molecule has 0 saturated carbocycles. The SMILES string of the molecule is Cn1ccc2cc(N3CCC(C(=O)O)C3=O)ccc21. The van der Waals surface area contributed by atoms with Gasteiger partial charge in [-0.25, -0.2) is 0 Å². The van der Waals surface area contributed by atoms with E-state index in [1.165, 1.54) is 0 Å². The van der Waals surface area contributed by atoms with E-state index in [1.54, 1.807) is 4.90 Å². The normalized spacial score (nSPS) is 19.3. The number of nitrogens with zero attached hydrogens (tertiary/aromatic N) is 2. The number of fused-ring (bicyclic) bond motifs is 1. The van der Waals surface area contributed by atoms with E-state index in [0.29, 0.717) is 13.0 Å². The monoisotopic (exact) mass is 258 g/mol. The van der Waals surface area contributed by atoms with E-state index in [1.807, 2.05) is 42.1 Å². The number of carboxylic acids is 1. The van der Waals surface area contributed by atoms with Gasteiger partial charge in [0, 0.05) is 36.4 Å². The zero-order valence-corrected chi connectivity index (χ0v) is 10.5. The molecule has 1 amide bonds. The highest BCUT2D eigenvalue weighted by atomic mass is 16.4. The molecule has 1 aromatic heterocycles. The van der Waals surface area contributed by atoms with Gasteiger partial charge < -0.3 is 14.6 Å². The van der Waals surface area contributed by atoms with Crippen molar-refractivity contribution in [2.45, 2.75) is 6.42 Å². The lowest BCUT2D eigenvalue weighted by Gasteiger charge is -2.16. The summed E-state index contributed by atoms with van der Waals surface area (Å²) in [6, 6.07) is 7.72. The summed E-state index contributed by atoms with van der Waals surface area (Å²) in [4.78, 5) is 24.5. The van der Waals surface area contributed by atoms with Crippen LogP contribution in [0, 0.1) is 5.92 Å². The minimum atomic E-state index is -1.03. The van der Waals surface area contributed by atoms with Crippen LogP contribution in [0.3, 0.4) is 0 Å². The number of hydrogen-bond donors (Lipinski definition) is 1. The molecule has 1 N–H and O–H groups in total. The van der Waals surface area contributed by atoms with Gasteiger partial charge in [0.1, 0.15) is 5.92 Å². The molecule has 1 fully saturated rings. The van der Waals surface area contributed by atoms with E-state index in [4.69, 9.17) is 5.11 Å². The molecule has 1 unspecified atom stereocenters. The summed E-state index contributed by atoms with van der Waals surface area (Å²) in [5, 5.41) is 10.0. The molecule has 1 aliphatic heterocycles. The molecule has 3 rings (SSSR count). The molecule has 0 aliphatic carbocycles. The quantitative estimate of drug-likeness (QED) is 0.832. The fourth-order valence-corrected chi connectivity index (χ4v) is 2.60. The van der Waals surface area contributed by atoms with Gasteiger partial charge in [0.2, 0.25) is 5.91 Å². The Morgan fingerprint density at radius 2 is 2.16 bits per heavy atom. The van der Waals surface area contributed by atoms with Crippen LogP contribution in [0.25, 0.3) is 10.9 Å². The molecular formula is C14H14N2O3. The van der Waals surface area contributed by atoms with Gasteiger partial charge in [0.05, 0.1) is 0 Å². The highest BCUT2D eigenvalue weighted by Crippen LogP contribution is 2.28. The van der Waals surface area contributed by atoms with Crippen LogP contribution in [0.1, 0.15) is 6.42 Å². The predicted octanol–water partition coefficient (Wildman–Crippen LogP) is 1.62. The molecule has 5 nitrogen and oxygen atoms in total. The average Bonchev–Trinajstić information content (AvgIpc) is 2.93. The summed E-state index contributed by atoms with van der Waals surface area (Å²) in [5.74, 6) is -2.25. The Balaban J connectivity index is 1.97. The van der Waals surface area contributed by atoms with Gasteiger partial charge >= 0.3 is 5.97 Å². The number of aliphatic carboxylic acids is 1. The molecule has 1 atom stereocenters. The van der Waals surface area contributed by atoms with E-state index in [-0.39, 0.29) is 5.91 Å². The lowest BCUT2D eigenvalue weighted by atomic mass is 10.1. The van der Waals surface area contributed by atoms with Crippen LogP contribution in [0.5, 0.6) is 0 Å². The van der Waals surface area contributed by atoms with Crippen molar-refractivity contribution in [2.24, 2.45) is 13.0 Å². The molecular weight excluding hydrogens is 244 g/mol. The summed E-state index contributed by atoms with van der Waals surface area (Å²) in [7, 11) is 1.96. The Labute approximate surface area is 110 Å². The Morgan fingerprint density at radius 1 is 1.37 bits per heavy atom. The molecule has 1 saturated heterocycles. The first kappa shape index (κ1) is 11.8. The molecule has 0 bridgehead atoms. The fraction of sp³-hybridized carbons (Fsp3) is 0.286. The first-order valence-corrected chi connectivity index (χ1v) is 6.17. The second-order valence-corrected chi connectivity index (χ2v) is 4.84. The fourth-order valence-electron chi connectivity index (χ4n) is 2.60. The second-order valence-electron chi connectivity index (χ2n) is 4.84. The predicted molar refractivity (Wildman–Crippen MR) is 71.0 cm³/mol. The van der Waals surface area contributed by atoms with Crippen LogP contribution in [0.15, 0.2) is 30.5 Å². The molecule has 5 heteroatoms. The Bertz CT molecular complexity index is 674. The van der Waals surface area contributed by atoms with Gasteiger partial charge in [-0.05, 0) is 30.7 Å². The van der Waals surface area contributed by atoms with Crippen molar-refractivity contribution in [3.8, 4) is 0 Å². The van der Waals surface area contributed by atoms with Crippen LogP contribution < -0.4 is 4.90 Å². The first-order chi connectivity index (χ1) is 9.08. The van der Waals surface area contributed by atoms with Gasteiger partial charge in [0.15, 0.2) is 0 Å². The molecule has 2 aromatic rings. The molecule has 0 spiro atoms. The number of aromatic nitrogens is 1. The van der Waals surface area contributed by atoms with Gasteiger partial charge in [0.25, 0.3) is 0 Å². The number of anilines is 1. The molecule has 1 aromatic carbocycles. The number of carbonyl (C=O) groups is 2. The minimum absolute atomic E-state index is 0.317. The highest BCUT2D eigenvalue weighted by molar-refractivity contribution is 6.08. The number of aryl methyl sites for hydroxylation is 1. The third kappa shape index (κ3) is 1.78. The van der Waals surface area contributed by atoms with Gasteiger partial charge in [-0.1, -0.05) is 0 Å². The van der Waals surface area contributed by atoms with Crippen LogP contribution in [-0.4, -0.2) is 28.1 Å². The van der Waals surface area contributed by atoms with Crippen molar-refractivity contribution in [3.63, 3.8) is 0 Å². The third-order valence-electron chi connectivity index (χ3n) is 3.68. The maximum absolute atomic E-state index is 12.0. The molecule has 2 heterocycles. The summed E-state index contributed by atoms with van der Waals surface area (Å²) < 4.78 is 2.00. The number of hydrogen-bond acceptors (Lipinski definition) is 2. The van der Waals surface area contributed by atoms with Gasteiger partial charge in [-0.3, -0.25) is 9.59 Å². The van der Waals surface area contributed by atoms with Crippen molar-refractivity contribution >= 4 is 28.5 Å². The lowest BCUT2D eigenvalue weighted by molar-refractivity contribution is -0.144. The Morgan fingerprint density at radius 3 is 2.84 bits per heavy atom. The van der Waals surface area contributed by atoms with E-state index < -0.39 is 11.9 Å². The molecule has 98 valence electrons. The second kappa shape index (κ2) is 4.12. The van der Waals surface area contributed by atoms with Crippen LogP contribution in [0.2, 0.25) is 0 Å². The maximum Gasteiger partial charge on any atom is 0.316 e. The van der Waals surface area contributed by atoms with Gasteiger partial charge in [-0.2, -0.15) is 0 Å². The van der Waals surface area contributed by atoms with E-state index in [0.717, 1.165) is 16.6 Å². The van der Waals surface area contributed by atoms with Crippen molar-refractivity contribution < 1.29 is 14.7 Å². The topological polar surface area (TPSA) is 62.5 Å². The molecule has 0 radical (unpaired) electrons. The van der Waals surface area contributed by atoms with Crippen molar-refractivity contribution in [3.05, 3.63) is 30.5 Å². The van der Waals surface area contributed by atoms with Crippen molar-refractivity contribution in [1.29, 1.82) is 0 Å². The van der Waals surface area contributed by atoms with E-state index in [9.17, 15) is 9.59 Å². The zero-order chi connectivity index (χ0) is 13.6.